The van der Waals surface area contributed by atoms with E-state index in [-0.39, 0.29) is 5.91 Å². The number of morpholine rings is 1. The lowest BCUT2D eigenvalue weighted by molar-refractivity contribution is 0.0478. The molecule has 138 valence electrons. The van der Waals surface area contributed by atoms with Crippen molar-refractivity contribution in [2.45, 2.75) is 18.9 Å². The Labute approximate surface area is 157 Å². The number of carbonyl (C=O) groups excluding carboxylic acids is 1. The zero-order valence-corrected chi connectivity index (χ0v) is 15.5. The van der Waals surface area contributed by atoms with Gasteiger partial charge in [0.1, 0.15) is 0 Å². The van der Waals surface area contributed by atoms with E-state index in [0.29, 0.717) is 26.3 Å². The van der Waals surface area contributed by atoms with Crippen LogP contribution in [0, 0.1) is 0 Å². The maximum atomic E-state index is 13.0. The van der Waals surface area contributed by atoms with Gasteiger partial charge in [0.25, 0.3) is 5.91 Å². The molecule has 2 fully saturated rings. The highest BCUT2D eigenvalue weighted by Gasteiger charge is 2.27. The first-order valence-corrected chi connectivity index (χ1v) is 9.88. The van der Waals surface area contributed by atoms with Gasteiger partial charge in [0, 0.05) is 49.7 Å². The molecule has 0 aromatic carbocycles. The number of aromatic nitrogens is 1. The number of piperidine rings is 1. The monoisotopic (exact) mass is 373 g/mol. The first-order valence-electron chi connectivity index (χ1n) is 9.06. The number of β-amino-alcohol motifs (C(OH)–C–C–N with tert-alkyl or cyclic N) is 1. The Morgan fingerprint density at radius 2 is 2.15 bits per heavy atom. The van der Waals surface area contributed by atoms with Crippen molar-refractivity contribution in [3.63, 3.8) is 0 Å². The Hall–Kier alpha value is -1.96. The molecule has 1 atom stereocenters. The quantitative estimate of drug-likeness (QED) is 0.894. The average Bonchev–Trinajstić information content (AvgIpc) is 3.14. The number of aliphatic hydroxyl groups excluding tert-OH is 1. The molecule has 2 aliphatic rings. The lowest BCUT2D eigenvalue weighted by Gasteiger charge is -2.30. The number of hydrogen-bond donors (Lipinski definition) is 1. The number of rotatable bonds is 3. The molecule has 1 amide bonds. The van der Waals surface area contributed by atoms with Gasteiger partial charge in [-0.15, -0.1) is 11.3 Å². The van der Waals surface area contributed by atoms with Crippen molar-refractivity contribution in [1.29, 1.82) is 0 Å². The molecule has 0 spiro atoms. The van der Waals surface area contributed by atoms with Gasteiger partial charge in [-0.1, -0.05) is 6.07 Å². The van der Waals surface area contributed by atoms with Gasteiger partial charge in [0.15, 0.2) is 0 Å². The fourth-order valence-corrected chi connectivity index (χ4v) is 4.71. The smallest absolute Gasteiger partial charge is 0.264 e. The second-order valence-electron chi connectivity index (χ2n) is 6.72. The van der Waals surface area contributed by atoms with Crippen LogP contribution in [-0.4, -0.2) is 66.4 Å². The SMILES string of the molecule is O=C(c1cc(-c2cccnc2)c(N2CCOCC2)s1)N1CCC[C@H](O)C1. The molecule has 0 aliphatic carbocycles. The number of ether oxygens (including phenoxy) is 1. The van der Waals surface area contributed by atoms with Crippen LogP contribution < -0.4 is 4.90 Å². The van der Waals surface area contributed by atoms with Crippen molar-refractivity contribution >= 4 is 22.2 Å². The Kier molecular flexibility index (Phi) is 5.19. The Morgan fingerprint density at radius 3 is 2.88 bits per heavy atom. The van der Waals surface area contributed by atoms with Crippen LogP contribution in [0.2, 0.25) is 0 Å². The Balaban J connectivity index is 1.67. The molecular weight excluding hydrogens is 350 g/mol. The summed E-state index contributed by atoms with van der Waals surface area (Å²) >= 11 is 1.53. The van der Waals surface area contributed by atoms with Crippen LogP contribution in [0.3, 0.4) is 0 Å². The summed E-state index contributed by atoms with van der Waals surface area (Å²) in [4.78, 5) is 22.0. The summed E-state index contributed by atoms with van der Waals surface area (Å²) in [6.45, 7) is 4.18. The van der Waals surface area contributed by atoms with E-state index in [1.54, 1.807) is 11.1 Å². The predicted molar refractivity (Wildman–Crippen MR) is 102 cm³/mol. The molecule has 1 N–H and O–H groups in total. The summed E-state index contributed by atoms with van der Waals surface area (Å²) in [6, 6.07) is 5.92. The molecule has 0 radical (unpaired) electrons. The number of carbonyl (C=O) groups is 1. The number of nitrogens with zero attached hydrogens (tertiary/aromatic N) is 3. The minimum atomic E-state index is -0.413. The molecule has 2 aromatic heterocycles. The summed E-state index contributed by atoms with van der Waals surface area (Å²) in [6.07, 6.45) is 4.80. The maximum Gasteiger partial charge on any atom is 0.264 e. The van der Waals surface area contributed by atoms with Crippen LogP contribution >= 0.6 is 11.3 Å². The summed E-state index contributed by atoms with van der Waals surface area (Å²) < 4.78 is 5.48. The van der Waals surface area contributed by atoms with Crippen molar-refractivity contribution in [2.24, 2.45) is 0 Å². The molecule has 2 saturated heterocycles. The molecular formula is C19H23N3O3S. The third kappa shape index (κ3) is 3.60. The highest BCUT2D eigenvalue weighted by atomic mass is 32.1. The average molecular weight is 373 g/mol. The number of hydrogen-bond acceptors (Lipinski definition) is 6. The van der Waals surface area contributed by atoms with Crippen LogP contribution in [0.25, 0.3) is 11.1 Å². The zero-order chi connectivity index (χ0) is 17.9. The second kappa shape index (κ2) is 7.73. The molecule has 2 aromatic rings. The standard InChI is InChI=1S/C19H23N3O3S/c23-15-4-2-6-22(13-15)18(24)17-11-16(14-3-1-5-20-12-14)19(26-17)21-7-9-25-10-8-21/h1,3,5,11-12,15,23H,2,4,6-10,13H2/t15-/m0/s1. The molecule has 26 heavy (non-hydrogen) atoms. The summed E-state index contributed by atoms with van der Waals surface area (Å²) in [5.74, 6) is 0.0124. The number of thiophene rings is 1. The molecule has 2 aliphatic heterocycles. The van der Waals surface area contributed by atoms with E-state index >= 15 is 0 Å². The first kappa shape index (κ1) is 17.5. The molecule has 0 bridgehead atoms. The van der Waals surface area contributed by atoms with E-state index in [1.807, 2.05) is 24.4 Å². The largest absolute Gasteiger partial charge is 0.391 e. The molecule has 4 heterocycles. The molecule has 4 rings (SSSR count). The lowest BCUT2D eigenvalue weighted by Crippen LogP contribution is -2.41. The first-order chi connectivity index (χ1) is 12.7. The van der Waals surface area contributed by atoms with Gasteiger partial charge in [0.2, 0.25) is 0 Å². The van der Waals surface area contributed by atoms with Gasteiger partial charge < -0.3 is 19.6 Å². The van der Waals surface area contributed by atoms with Crippen molar-refractivity contribution in [2.75, 3.05) is 44.3 Å². The third-order valence-electron chi connectivity index (χ3n) is 4.88. The van der Waals surface area contributed by atoms with Crippen LogP contribution in [0.1, 0.15) is 22.5 Å². The van der Waals surface area contributed by atoms with E-state index < -0.39 is 6.10 Å². The minimum absolute atomic E-state index is 0.0124. The van der Waals surface area contributed by atoms with E-state index in [4.69, 9.17) is 4.74 Å². The van der Waals surface area contributed by atoms with E-state index in [1.165, 1.54) is 11.3 Å². The fourth-order valence-electron chi connectivity index (χ4n) is 3.51. The topological polar surface area (TPSA) is 65.9 Å². The zero-order valence-electron chi connectivity index (χ0n) is 14.6. The van der Waals surface area contributed by atoms with Crippen molar-refractivity contribution in [3.8, 4) is 11.1 Å². The van der Waals surface area contributed by atoms with E-state index in [9.17, 15) is 9.90 Å². The normalized spacial score (nSPS) is 21.0. The van der Waals surface area contributed by atoms with Gasteiger partial charge in [-0.05, 0) is 25.0 Å². The molecule has 6 nitrogen and oxygen atoms in total. The van der Waals surface area contributed by atoms with Crippen LogP contribution in [0.4, 0.5) is 5.00 Å². The predicted octanol–water partition coefficient (Wildman–Crippen LogP) is 2.24. The molecule has 7 heteroatoms. The fraction of sp³-hybridized carbons (Fsp3) is 0.474. The van der Waals surface area contributed by atoms with Crippen molar-refractivity contribution in [1.82, 2.24) is 9.88 Å². The number of pyridine rings is 1. The number of aliphatic hydroxyl groups is 1. The molecule has 0 saturated carbocycles. The Bertz CT molecular complexity index is 759. The molecule has 0 unspecified atom stereocenters. The van der Waals surface area contributed by atoms with Crippen molar-refractivity contribution in [3.05, 3.63) is 35.5 Å². The number of anilines is 1. The van der Waals surface area contributed by atoms with Crippen LogP contribution in [0.5, 0.6) is 0 Å². The second-order valence-corrected chi connectivity index (χ2v) is 7.75. The van der Waals surface area contributed by atoms with Gasteiger partial charge >= 0.3 is 0 Å². The maximum absolute atomic E-state index is 13.0. The number of amides is 1. The summed E-state index contributed by atoms with van der Waals surface area (Å²) in [5.41, 5.74) is 2.06. The number of likely N-dealkylation sites (tertiary alicyclic amines) is 1. The van der Waals surface area contributed by atoms with E-state index in [2.05, 4.69) is 9.88 Å². The summed E-state index contributed by atoms with van der Waals surface area (Å²) in [5, 5.41) is 11.0. The van der Waals surface area contributed by atoms with E-state index in [0.717, 1.165) is 46.9 Å². The van der Waals surface area contributed by atoms with Gasteiger partial charge in [-0.2, -0.15) is 0 Å². The Morgan fingerprint density at radius 1 is 1.31 bits per heavy atom. The highest BCUT2D eigenvalue weighted by molar-refractivity contribution is 7.18. The van der Waals surface area contributed by atoms with Crippen molar-refractivity contribution < 1.29 is 14.6 Å². The lowest BCUT2D eigenvalue weighted by atomic mass is 10.1. The van der Waals surface area contributed by atoms with Crippen LogP contribution in [0.15, 0.2) is 30.6 Å². The van der Waals surface area contributed by atoms with Gasteiger partial charge in [0.05, 0.1) is 29.2 Å². The summed E-state index contributed by atoms with van der Waals surface area (Å²) in [7, 11) is 0. The minimum Gasteiger partial charge on any atom is -0.391 e. The van der Waals surface area contributed by atoms with Crippen LogP contribution in [-0.2, 0) is 4.74 Å². The highest BCUT2D eigenvalue weighted by Crippen LogP contribution is 2.39. The third-order valence-corrected chi connectivity index (χ3v) is 6.06. The van der Waals surface area contributed by atoms with Gasteiger partial charge in [-0.3, -0.25) is 9.78 Å². The van der Waals surface area contributed by atoms with Gasteiger partial charge in [-0.25, -0.2) is 0 Å².